The number of nitrogens with two attached hydrogens (primary N) is 1. The van der Waals surface area contributed by atoms with Gasteiger partial charge in [-0.2, -0.15) is 0 Å². The molecular formula is C22H27Cl2IN4O2. The van der Waals surface area contributed by atoms with Crippen LogP contribution in [-0.4, -0.2) is 27.2 Å². The summed E-state index contributed by atoms with van der Waals surface area (Å²) in [5.41, 5.74) is 8.85. The molecule has 3 rings (SSSR count). The van der Waals surface area contributed by atoms with Gasteiger partial charge in [-0.15, -0.1) is 0 Å². The van der Waals surface area contributed by atoms with E-state index in [1.807, 2.05) is 0 Å². The van der Waals surface area contributed by atoms with Crippen LogP contribution in [0.2, 0.25) is 10.3 Å². The summed E-state index contributed by atoms with van der Waals surface area (Å²) in [6.07, 6.45) is 6.32. The van der Waals surface area contributed by atoms with Crippen LogP contribution in [0.4, 0.5) is 5.69 Å². The molecule has 0 aliphatic heterocycles. The number of aromatic nitrogens is 2. The van der Waals surface area contributed by atoms with E-state index in [2.05, 4.69) is 51.7 Å². The Hall–Kier alpha value is -1.16. The monoisotopic (exact) mass is 576 g/mol. The van der Waals surface area contributed by atoms with Gasteiger partial charge in [0.15, 0.2) is 0 Å². The maximum absolute atomic E-state index is 13.3. The zero-order valence-corrected chi connectivity index (χ0v) is 21.3. The molecule has 0 bridgehead atoms. The molecule has 0 spiro atoms. The largest absolute Gasteiger partial charge is 0.397 e. The first kappa shape index (κ1) is 24.5. The number of nitrogens with one attached hydrogen (secondary N) is 1. The maximum Gasteiger partial charge on any atom is 0.255 e. The molecule has 1 amide bonds. The number of benzene rings is 1. The predicted octanol–water partition coefficient (Wildman–Crippen LogP) is 5.46. The van der Waals surface area contributed by atoms with Crippen molar-refractivity contribution in [1.29, 1.82) is 0 Å². The summed E-state index contributed by atoms with van der Waals surface area (Å²) in [5.74, 6) is -0.111. The number of hydrogen-bond donors (Lipinski definition) is 3. The molecule has 4 N–H and O–H groups in total. The Bertz CT molecular complexity index is 965. The summed E-state index contributed by atoms with van der Waals surface area (Å²) < 4.78 is 0.792. The van der Waals surface area contributed by atoms with Crippen LogP contribution in [0.5, 0.6) is 0 Å². The number of carbonyl (C=O) groups excluding carboxylic acids is 1. The Morgan fingerprint density at radius 1 is 1.32 bits per heavy atom. The lowest BCUT2D eigenvalue weighted by molar-refractivity contribution is 0.0464. The van der Waals surface area contributed by atoms with E-state index in [4.69, 9.17) is 28.9 Å². The average Bonchev–Trinajstić information content (AvgIpc) is 2.73. The van der Waals surface area contributed by atoms with Gasteiger partial charge in [0.05, 0.1) is 22.0 Å². The van der Waals surface area contributed by atoms with Gasteiger partial charge in [0.2, 0.25) is 5.28 Å². The second kappa shape index (κ2) is 10.6. The standard InChI is InChI=1S/C22H27Cl2IN4O2/c1-11(2)10-13-18(25)15(14-8-9-27-22(24)28-14)16(17(23)19(13)26)21(31)29-20(30)12-6-4-3-5-7-12/h8-9,11-12,20,30H,3-7,10,26H2,1-2H3,(H,29,31). The van der Waals surface area contributed by atoms with Crippen molar-refractivity contribution >= 4 is 57.4 Å². The van der Waals surface area contributed by atoms with Crippen molar-refractivity contribution in [2.24, 2.45) is 11.8 Å². The molecule has 2 aromatic rings. The highest BCUT2D eigenvalue weighted by Gasteiger charge is 2.30. The second-order valence-corrected chi connectivity index (χ2v) is 10.2. The number of hydrogen-bond acceptors (Lipinski definition) is 5. The van der Waals surface area contributed by atoms with Crippen LogP contribution in [-0.2, 0) is 6.42 Å². The first-order valence-electron chi connectivity index (χ1n) is 10.5. The lowest BCUT2D eigenvalue weighted by Crippen LogP contribution is -2.41. The van der Waals surface area contributed by atoms with Crippen molar-refractivity contribution in [2.75, 3.05) is 5.73 Å². The molecule has 1 saturated carbocycles. The van der Waals surface area contributed by atoms with E-state index in [0.29, 0.717) is 29.3 Å². The van der Waals surface area contributed by atoms with Crippen molar-refractivity contribution in [3.63, 3.8) is 0 Å². The van der Waals surface area contributed by atoms with E-state index >= 15 is 0 Å². The number of aliphatic hydroxyl groups is 1. The Balaban J connectivity index is 2.10. The molecule has 6 nitrogen and oxygen atoms in total. The number of amides is 1. The van der Waals surface area contributed by atoms with Crippen LogP contribution in [0, 0.1) is 15.4 Å². The van der Waals surface area contributed by atoms with Gasteiger partial charge in [-0.1, -0.05) is 44.7 Å². The number of aliphatic hydroxyl groups excluding tert-OH is 1. The van der Waals surface area contributed by atoms with Crippen LogP contribution < -0.4 is 11.1 Å². The van der Waals surface area contributed by atoms with Crippen LogP contribution in [0.1, 0.15) is 61.9 Å². The minimum Gasteiger partial charge on any atom is -0.397 e. The summed E-state index contributed by atoms with van der Waals surface area (Å²) in [4.78, 5) is 21.6. The molecule has 1 heterocycles. The van der Waals surface area contributed by atoms with E-state index in [9.17, 15) is 9.90 Å². The van der Waals surface area contributed by atoms with Crippen molar-refractivity contribution in [3.8, 4) is 11.3 Å². The fraction of sp³-hybridized carbons (Fsp3) is 0.500. The molecule has 1 aliphatic rings. The minimum absolute atomic E-state index is 0.0325. The molecule has 168 valence electrons. The minimum atomic E-state index is -0.945. The second-order valence-electron chi connectivity index (χ2n) is 8.40. The topological polar surface area (TPSA) is 101 Å². The molecule has 1 atom stereocenters. The number of carbonyl (C=O) groups is 1. The van der Waals surface area contributed by atoms with Crippen LogP contribution in [0.25, 0.3) is 11.3 Å². The summed E-state index contributed by atoms with van der Waals surface area (Å²) in [6.45, 7) is 4.18. The molecule has 31 heavy (non-hydrogen) atoms. The highest BCUT2D eigenvalue weighted by Crippen LogP contribution is 2.41. The number of halogens is 3. The summed E-state index contributed by atoms with van der Waals surface area (Å²) >= 11 is 14.9. The van der Waals surface area contributed by atoms with Gasteiger partial charge in [0.1, 0.15) is 6.23 Å². The van der Waals surface area contributed by atoms with Gasteiger partial charge in [-0.3, -0.25) is 4.79 Å². The van der Waals surface area contributed by atoms with E-state index < -0.39 is 12.1 Å². The lowest BCUT2D eigenvalue weighted by atomic mass is 9.87. The number of nitrogen functional groups attached to an aromatic ring is 1. The van der Waals surface area contributed by atoms with Crippen LogP contribution in [0.15, 0.2) is 12.3 Å². The van der Waals surface area contributed by atoms with E-state index in [-0.39, 0.29) is 21.8 Å². The molecular weight excluding hydrogens is 550 g/mol. The van der Waals surface area contributed by atoms with Gasteiger partial charge in [-0.05, 0) is 71.0 Å². The Morgan fingerprint density at radius 2 is 2.00 bits per heavy atom. The van der Waals surface area contributed by atoms with Gasteiger partial charge in [0, 0.05) is 21.2 Å². The van der Waals surface area contributed by atoms with Crippen molar-refractivity contribution in [2.45, 2.75) is 58.6 Å². The predicted molar refractivity (Wildman–Crippen MR) is 133 cm³/mol. The quantitative estimate of drug-likeness (QED) is 0.183. The van der Waals surface area contributed by atoms with Gasteiger partial charge in [-0.25, -0.2) is 9.97 Å². The highest BCUT2D eigenvalue weighted by atomic mass is 127. The third-order valence-electron chi connectivity index (χ3n) is 5.61. The van der Waals surface area contributed by atoms with Crippen molar-refractivity contribution < 1.29 is 9.90 Å². The smallest absolute Gasteiger partial charge is 0.255 e. The van der Waals surface area contributed by atoms with E-state index in [1.165, 1.54) is 6.20 Å². The summed E-state index contributed by atoms with van der Waals surface area (Å²) in [5, 5.41) is 13.6. The Labute approximate surface area is 206 Å². The van der Waals surface area contributed by atoms with Crippen LogP contribution >= 0.6 is 45.8 Å². The molecule has 1 aliphatic carbocycles. The van der Waals surface area contributed by atoms with Crippen LogP contribution in [0.3, 0.4) is 0 Å². The van der Waals surface area contributed by atoms with Gasteiger partial charge < -0.3 is 16.2 Å². The molecule has 0 saturated heterocycles. The average molecular weight is 577 g/mol. The lowest BCUT2D eigenvalue weighted by Gasteiger charge is -2.28. The SMILES string of the molecule is CC(C)Cc1c(N)c(Cl)c(C(=O)NC(O)C2CCCCC2)c(-c2ccnc(Cl)n2)c1I. The van der Waals surface area contributed by atoms with Crippen molar-refractivity contribution in [1.82, 2.24) is 15.3 Å². The maximum atomic E-state index is 13.3. The molecule has 1 aromatic carbocycles. The molecule has 0 radical (unpaired) electrons. The Kier molecular flexibility index (Phi) is 8.40. The zero-order valence-electron chi connectivity index (χ0n) is 17.6. The van der Waals surface area contributed by atoms with Gasteiger partial charge in [0.25, 0.3) is 5.91 Å². The van der Waals surface area contributed by atoms with E-state index in [1.54, 1.807) is 6.07 Å². The first-order chi connectivity index (χ1) is 14.7. The molecule has 1 unspecified atom stereocenters. The normalized spacial score (nSPS) is 15.8. The highest BCUT2D eigenvalue weighted by molar-refractivity contribution is 14.1. The fourth-order valence-electron chi connectivity index (χ4n) is 4.07. The first-order valence-corrected chi connectivity index (χ1v) is 12.3. The van der Waals surface area contributed by atoms with Crippen molar-refractivity contribution in [3.05, 3.63) is 37.3 Å². The number of rotatable bonds is 6. The Morgan fingerprint density at radius 3 is 2.61 bits per heavy atom. The van der Waals surface area contributed by atoms with E-state index in [0.717, 1.165) is 41.2 Å². The van der Waals surface area contributed by atoms with Gasteiger partial charge >= 0.3 is 0 Å². The fourth-order valence-corrected chi connectivity index (χ4v) is 5.56. The molecule has 1 aromatic heterocycles. The number of anilines is 1. The third-order valence-corrected chi connectivity index (χ3v) is 7.38. The number of nitrogens with zero attached hydrogens (tertiary/aromatic N) is 2. The molecule has 9 heteroatoms. The zero-order chi connectivity index (χ0) is 22.7. The third kappa shape index (κ3) is 5.61. The molecule has 1 fully saturated rings. The summed E-state index contributed by atoms with van der Waals surface area (Å²) in [6, 6.07) is 1.68. The summed E-state index contributed by atoms with van der Waals surface area (Å²) in [7, 11) is 0.